The van der Waals surface area contributed by atoms with Gasteiger partial charge in [0.1, 0.15) is 0 Å². The number of nitrogens with one attached hydrogen (secondary N) is 1. The molecule has 3 nitrogen and oxygen atoms in total. The Morgan fingerprint density at radius 2 is 1.65 bits per heavy atom. The Bertz CT molecular complexity index is 605. The molecule has 0 atom stereocenters. The van der Waals surface area contributed by atoms with Crippen LogP contribution in [0.15, 0.2) is 36.4 Å². The molecular weight excluding hydrogens is 248 g/mol. The number of carbonyl (C=O) groups is 1. The van der Waals surface area contributed by atoms with Crippen molar-refractivity contribution in [2.24, 2.45) is 0 Å². The lowest BCUT2D eigenvalue weighted by molar-refractivity contribution is -0.109. The van der Waals surface area contributed by atoms with Crippen LogP contribution in [0.25, 0.3) is 0 Å². The van der Waals surface area contributed by atoms with E-state index in [0.29, 0.717) is 6.54 Å². The second-order valence-corrected chi connectivity index (χ2v) is 5.22. The largest absolute Gasteiger partial charge is 0.353 e. The molecule has 0 spiro atoms. The van der Waals surface area contributed by atoms with Gasteiger partial charge in [-0.15, -0.1) is 0 Å². The van der Waals surface area contributed by atoms with Gasteiger partial charge in [0, 0.05) is 5.69 Å². The quantitative estimate of drug-likeness (QED) is 0.865. The highest BCUT2D eigenvalue weighted by Crippen LogP contribution is 2.16. The maximum atomic E-state index is 10.5. The zero-order chi connectivity index (χ0) is 13.8. The van der Waals surface area contributed by atoms with E-state index in [9.17, 15) is 4.79 Å². The lowest BCUT2D eigenvalue weighted by atomic mass is 9.98. The first-order chi connectivity index (χ1) is 9.85. The second-order valence-electron chi connectivity index (χ2n) is 5.22. The molecule has 2 aliphatic carbocycles. The standard InChI is InChI=1S/C17H18N2O/c20-12-18-11-17-15-7-5-13-1-3-14(4-2-13)6-9-16(19-17)10-8-15/h1-4,8,10,12H,5-7,9,11H2,(H,18,20). The van der Waals surface area contributed by atoms with Crippen LogP contribution in [0.3, 0.4) is 0 Å². The van der Waals surface area contributed by atoms with Crippen molar-refractivity contribution in [1.82, 2.24) is 10.3 Å². The molecule has 4 aliphatic rings. The molecule has 0 saturated heterocycles. The smallest absolute Gasteiger partial charge is 0.207 e. The van der Waals surface area contributed by atoms with E-state index >= 15 is 0 Å². The van der Waals surface area contributed by atoms with Crippen LogP contribution in [0, 0.1) is 0 Å². The summed E-state index contributed by atoms with van der Waals surface area (Å²) < 4.78 is 0. The highest BCUT2D eigenvalue weighted by molar-refractivity contribution is 5.46. The monoisotopic (exact) mass is 266 g/mol. The third-order valence-electron chi connectivity index (χ3n) is 3.85. The number of nitrogens with zero attached hydrogens (tertiary/aromatic N) is 1. The highest BCUT2D eigenvalue weighted by atomic mass is 16.1. The normalized spacial score (nSPS) is 13.6. The van der Waals surface area contributed by atoms with E-state index in [2.05, 4.69) is 41.7 Å². The lowest BCUT2D eigenvalue weighted by Gasteiger charge is -2.13. The van der Waals surface area contributed by atoms with Gasteiger partial charge in [-0.3, -0.25) is 9.78 Å². The van der Waals surface area contributed by atoms with Gasteiger partial charge in [0.2, 0.25) is 6.41 Å². The Morgan fingerprint density at radius 3 is 2.35 bits per heavy atom. The number of benzene rings is 1. The first kappa shape index (κ1) is 12.9. The van der Waals surface area contributed by atoms with Crippen molar-refractivity contribution < 1.29 is 4.79 Å². The number of hydrogen-bond donors (Lipinski definition) is 1. The van der Waals surface area contributed by atoms with Crippen LogP contribution in [-0.2, 0) is 37.0 Å². The van der Waals surface area contributed by atoms with E-state index in [1.165, 1.54) is 16.7 Å². The molecule has 3 heterocycles. The average molecular weight is 266 g/mol. The zero-order valence-electron chi connectivity index (χ0n) is 11.4. The topological polar surface area (TPSA) is 42.0 Å². The number of rotatable bonds is 3. The van der Waals surface area contributed by atoms with Crippen molar-refractivity contribution in [2.75, 3.05) is 0 Å². The fourth-order valence-corrected chi connectivity index (χ4v) is 2.66. The van der Waals surface area contributed by atoms with Gasteiger partial charge in [-0.05, 0) is 48.4 Å². The van der Waals surface area contributed by atoms with Gasteiger partial charge < -0.3 is 5.32 Å². The summed E-state index contributed by atoms with van der Waals surface area (Å²) in [6.45, 7) is 0.518. The summed E-state index contributed by atoms with van der Waals surface area (Å²) >= 11 is 0. The van der Waals surface area contributed by atoms with E-state index in [1.807, 2.05) is 0 Å². The molecule has 0 radical (unpaired) electrons. The molecule has 1 amide bonds. The van der Waals surface area contributed by atoms with Crippen LogP contribution in [-0.4, -0.2) is 11.4 Å². The van der Waals surface area contributed by atoms with E-state index < -0.39 is 0 Å². The summed E-state index contributed by atoms with van der Waals surface area (Å²) in [5.74, 6) is 0. The van der Waals surface area contributed by atoms with Gasteiger partial charge in [0.25, 0.3) is 0 Å². The van der Waals surface area contributed by atoms with E-state index in [0.717, 1.165) is 43.5 Å². The molecule has 1 aromatic carbocycles. The molecule has 1 aromatic heterocycles. The molecule has 6 rings (SSSR count). The summed E-state index contributed by atoms with van der Waals surface area (Å²) in [6, 6.07) is 13.2. The molecule has 2 aromatic rings. The molecule has 0 saturated carbocycles. The summed E-state index contributed by atoms with van der Waals surface area (Å²) in [5.41, 5.74) is 6.04. The number of amides is 1. The fourth-order valence-electron chi connectivity index (χ4n) is 2.66. The van der Waals surface area contributed by atoms with Gasteiger partial charge in [0.05, 0.1) is 12.2 Å². The number of pyridine rings is 1. The second kappa shape index (κ2) is 5.87. The Hall–Kier alpha value is -2.16. The van der Waals surface area contributed by atoms with Gasteiger partial charge in [-0.1, -0.05) is 30.3 Å². The summed E-state index contributed by atoms with van der Waals surface area (Å²) in [5, 5.41) is 2.73. The number of aromatic nitrogens is 1. The lowest BCUT2D eigenvalue weighted by Crippen LogP contribution is -2.15. The van der Waals surface area contributed by atoms with Crippen molar-refractivity contribution in [2.45, 2.75) is 32.2 Å². The predicted octanol–water partition coefficient (Wildman–Crippen LogP) is 2.21. The molecule has 102 valence electrons. The summed E-state index contributed by atoms with van der Waals surface area (Å²) in [4.78, 5) is 15.2. The fraction of sp³-hybridized carbons (Fsp3) is 0.294. The van der Waals surface area contributed by atoms with Gasteiger partial charge >= 0.3 is 0 Å². The maximum Gasteiger partial charge on any atom is 0.207 e. The van der Waals surface area contributed by atoms with E-state index in [-0.39, 0.29) is 0 Å². The van der Waals surface area contributed by atoms with Crippen LogP contribution >= 0.6 is 0 Å². The Labute approximate surface area is 119 Å². The highest BCUT2D eigenvalue weighted by Gasteiger charge is 2.08. The SMILES string of the molecule is O=CNCc1nc2ccc1CCc1ccc(cc1)CC2. The average Bonchev–Trinajstić information content (AvgIpc) is 2.48. The molecular formula is C17H18N2O. The Balaban J connectivity index is 1.93. The van der Waals surface area contributed by atoms with E-state index in [1.54, 1.807) is 0 Å². The Kier molecular flexibility index (Phi) is 3.77. The van der Waals surface area contributed by atoms with Crippen molar-refractivity contribution in [3.8, 4) is 0 Å². The molecule has 2 aliphatic heterocycles. The van der Waals surface area contributed by atoms with Gasteiger partial charge in [-0.2, -0.15) is 0 Å². The van der Waals surface area contributed by atoms with Crippen molar-refractivity contribution in [3.63, 3.8) is 0 Å². The van der Waals surface area contributed by atoms with Crippen molar-refractivity contribution >= 4 is 6.41 Å². The van der Waals surface area contributed by atoms with Crippen LogP contribution < -0.4 is 5.32 Å². The summed E-state index contributed by atoms with van der Waals surface area (Å²) in [6.07, 6.45) is 4.65. The van der Waals surface area contributed by atoms with Crippen molar-refractivity contribution in [1.29, 1.82) is 0 Å². The Morgan fingerprint density at radius 1 is 0.950 bits per heavy atom. The molecule has 3 heteroatoms. The first-order valence-corrected chi connectivity index (χ1v) is 7.07. The van der Waals surface area contributed by atoms with Crippen LogP contribution in [0.1, 0.15) is 28.1 Å². The first-order valence-electron chi connectivity index (χ1n) is 7.07. The van der Waals surface area contributed by atoms with Crippen molar-refractivity contribution in [3.05, 3.63) is 64.5 Å². The molecule has 0 unspecified atom stereocenters. The van der Waals surface area contributed by atoms with Gasteiger partial charge in [0.15, 0.2) is 0 Å². The summed E-state index contributed by atoms with van der Waals surface area (Å²) in [7, 11) is 0. The third kappa shape index (κ3) is 2.87. The molecule has 4 bridgehead atoms. The third-order valence-corrected chi connectivity index (χ3v) is 3.85. The molecule has 20 heavy (non-hydrogen) atoms. The number of carbonyl (C=O) groups excluding carboxylic acids is 1. The van der Waals surface area contributed by atoms with E-state index in [4.69, 9.17) is 4.98 Å². The number of hydrogen-bond acceptors (Lipinski definition) is 2. The minimum atomic E-state index is 0.518. The predicted molar refractivity (Wildman–Crippen MR) is 78.4 cm³/mol. The maximum absolute atomic E-state index is 10.5. The van der Waals surface area contributed by atoms with Crippen LogP contribution in [0.4, 0.5) is 0 Å². The van der Waals surface area contributed by atoms with Crippen LogP contribution in [0.2, 0.25) is 0 Å². The minimum absolute atomic E-state index is 0.518. The number of aryl methyl sites for hydroxylation is 4. The zero-order valence-corrected chi connectivity index (χ0v) is 11.4. The molecule has 0 fully saturated rings. The van der Waals surface area contributed by atoms with Crippen LogP contribution in [0.5, 0.6) is 0 Å². The molecule has 1 N–H and O–H groups in total. The minimum Gasteiger partial charge on any atom is -0.353 e. The van der Waals surface area contributed by atoms with Gasteiger partial charge in [-0.25, -0.2) is 0 Å².